The van der Waals surface area contributed by atoms with Crippen LogP contribution in [0.25, 0.3) is 0 Å². The van der Waals surface area contributed by atoms with Crippen LogP contribution >= 0.6 is 23.2 Å². The van der Waals surface area contributed by atoms with Gasteiger partial charge in [0.05, 0.1) is 11.1 Å². The van der Waals surface area contributed by atoms with E-state index in [1.807, 2.05) is 6.07 Å². The fourth-order valence-electron chi connectivity index (χ4n) is 2.05. The molecule has 0 bridgehead atoms. The molecule has 0 radical (unpaired) electrons. The van der Waals surface area contributed by atoms with Gasteiger partial charge in [0, 0.05) is 10.6 Å². The fraction of sp³-hybridized carbons (Fsp3) is 0.133. The van der Waals surface area contributed by atoms with Gasteiger partial charge in [-0.15, -0.1) is 0 Å². The van der Waals surface area contributed by atoms with Gasteiger partial charge in [0.25, 0.3) is 5.91 Å². The SMILES string of the molecule is CC(NC(=O)c1ccc(Cl)c(S(N)(=O)=O)c1)c1ccccc1Cl. The van der Waals surface area contributed by atoms with E-state index in [1.165, 1.54) is 12.1 Å². The van der Waals surface area contributed by atoms with Crippen molar-refractivity contribution in [3.63, 3.8) is 0 Å². The third-order valence-electron chi connectivity index (χ3n) is 3.22. The Hall–Kier alpha value is -1.60. The minimum Gasteiger partial charge on any atom is -0.345 e. The lowest BCUT2D eigenvalue weighted by Gasteiger charge is -2.16. The van der Waals surface area contributed by atoms with E-state index in [2.05, 4.69) is 5.32 Å². The van der Waals surface area contributed by atoms with Gasteiger partial charge in [0.1, 0.15) is 4.90 Å². The van der Waals surface area contributed by atoms with Crippen molar-refractivity contribution >= 4 is 39.1 Å². The molecule has 0 aliphatic heterocycles. The van der Waals surface area contributed by atoms with Crippen molar-refractivity contribution in [3.8, 4) is 0 Å². The lowest BCUT2D eigenvalue weighted by atomic mass is 10.1. The van der Waals surface area contributed by atoms with Crippen molar-refractivity contribution in [3.05, 3.63) is 63.6 Å². The van der Waals surface area contributed by atoms with E-state index in [4.69, 9.17) is 28.3 Å². The summed E-state index contributed by atoms with van der Waals surface area (Å²) in [7, 11) is -4.01. The first kappa shape index (κ1) is 17.7. The zero-order chi connectivity index (χ0) is 17.2. The zero-order valence-electron chi connectivity index (χ0n) is 12.1. The number of benzene rings is 2. The van der Waals surface area contributed by atoms with Crippen LogP contribution in [-0.2, 0) is 10.0 Å². The van der Waals surface area contributed by atoms with E-state index in [9.17, 15) is 13.2 Å². The Labute approximate surface area is 144 Å². The van der Waals surface area contributed by atoms with Crippen LogP contribution in [0.3, 0.4) is 0 Å². The Morgan fingerprint density at radius 1 is 1.13 bits per heavy atom. The molecule has 1 atom stereocenters. The average molecular weight is 373 g/mol. The molecule has 1 unspecified atom stereocenters. The topological polar surface area (TPSA) is 89.3 Å². The van der Waals surface area contributed by atoms with Gasteiger partial charge < -0.3 is 5.32 Å². The highest BCUT2D eigenvalue weighted by atomic mass is 35.5. The van der Waals surface area contributed by atoms with Crippen LogP contribution in [0.2, 0.25) is 10.0 Å². The largest absolute Gasteiger partial charge is 0.345 e. The summed E-state index contributed by atoms with van der Waals surface area (Å²) in [6, 6.07) is 10.6. The van der Waals surface area contributed by atoms with Gasteiger partial charge >= 0.3 is 0 Å². The van der Waals surface area contributed by atoms with Crippen LogP contribution in [0.4, 0.5) is 0 Å². The second-order valence-electron chi connectivity index (χ2n) is 4.91. The molecule has 0 saturated heterocycles. The van der Waals surface area contributed by atoms with E-state index in [1.54, 1.807) is 25.1 Å². The number of hydrogen-bond donors (Lipinski definition) is 2. The third-order valence-corrected chi connectivity index (χ3v) is 4.96. The Bertz CT molecular complexity index is 854. The van der Waals surface area contributed by atoms with Crippen LogP contribution < -0.4 is 10.5 Å². The van der Waals surface area contributed by atoms with Gasteiger partial charge in [-0.1, -0.05) is 41.4 Å². The number of amides is 1. The van der Waals surface area contributed by atoms with Gasteiger partial charge in [0.2, 0.25) is 10.0 Å². The molecule has 0 aromatic heterocycles. The Kier molecular flexibility index (Phi) is 5.31. The smallest absolute Gasteiger partial charge is 0.251 e. The van der Waals surface area contributed by atoms with E-state index in [0.717, 1.165) is 11.6 Å². The molecular weight excluding hydrogens is 359 g/mol. The molecule has 0 heterocycles. The highest BCUT2D eigenvalue weighted by Gasteiger charge is 2.18. The second-order valence-corrected chi connectivity index (χ2v) is 7.25. The van der Waals surface area contributed by atoms with Gasteiger partial charge in [-0.25, -0.2) is 13.6 Å². The second kappa shape index (κ2) is 6.88. The molecule has 8 heteroatoms. The van der Waals surface area contributed by atoms with Crippen LogP contribution in [-0.4, -0.2) is 14.3 Å². The van der Waals surface area contributed by atoms with E-state index in [0.29, 0.717) is 5.02 Å². The predicted molar refractivity (Wildman–Crippen MR) is 90.2 cm³/mol. The Balaban J connectivity index is 2.27. The van der Waals surface area contributed by atoms with Crippen molar-refractivity contribution < 1.29 is 13.2 Å². The molecule has 0 aliphatic rings. The summed E-state index contributed by atoms with van der Waals surface area (Å²) in [4.78, 5) is 12.0. The molecule has 2 rings (SSSR count). The lowest BCUT2D eigenvalue weighted by molar-refractivity contribution is 0.0939. The third kappa shape index (κ3) is 4.23. The van der Waals surface area contributed by atoms with E-state index < -0.39 is 15.9 Å². The molecule has 122 valence electrons. The fourth-order valence-corrected chi connectivity index (χ4v) is 3.42. The molecule has 0 spiro atoms. The molecule has 0 fully saturated rings. The number of sulfonamides is 1. The standard InChI is InChI=1S/C15H14Cl2N2O3S/c1-9(11-4-2-3-5-12(11)16)19-15(20)10-6-7-13(17)14(8-10)23(18,21)22/h2-9H,1H3,(H,19,20)(H2,18,21,22). The van der Waals surface area contributed by atoms with Gasteiger partial charge in [-0.05, 0) is 36.8 Å². The maximum atomic E-state index is 12.3. The number of carbonyl (C=O) groups excluding carboxylic acids is 1. The number of hydrogen-bond acceptors (Lipinski definition) is 3. The van der Waals surface area contributed by atoms with Gasteiger partial charge in [0.15, 0.2) is 0 Å². The van der Waals surface area contributed by atoms with Crippen molar-refractivity contribution in [2.75, 3.05) is 0 Å². The first-order valence-electron chi connectivity index (χ1n) is 6.58. The zero-order valence-corrected chi connectivity index (χ0v) is 14.4. The lowest BCUT2D eigenvalue weighted by Crippen LogP contribution is -2.27. The highest BCUT2D eigenvalue weighted by Crippen LogP contribution is 2.24. The van der Waals surface area contributed by atoms with Crippen molar-refractivity contribution in [2.45, 2.75) is 17.9 Å². The molecule has 1 amide bonds. The number of halogens is 2. The van der Waals surface area contributed by atoms with Crippen LogP contribution in [0.15, 0.2) is 47.4 Å². The Morgan fingerprint density at radius 2 is 1.78 bits per heavy atom. The van der Waals surface area contributed by atoms with E-state index in [-0.39, 0.29) is 21.5 Å². The van der Waals surface area contributed by atoms with Crippen molar-refractivity contribution in [2.24, 2.45) is 5.14 Å². The maximum Gasteiger partial charge on any atom is 0.251 e. The molecule has 0 saturated carbocycles. The van der Waals surface area contributed by atoms with Crippen LogP contribution in [0.5, 0.6) is 0 Å². The van der Waals surface area contributed by atoms with Crippen LogP contribution in [0.1, 0.15) is 28.9 Å². The number of nitrogens with two attached hydrogens (primary N) is 1. The first-order chi connectivity index (χ1) is 10.7. The summed E-state index contributed by atoms with van der Waals surface area (Å²) in [6.07, 6.45) is 0. The van der Waals surface area contributed by atoms with Crippen molar-refractivity contribution in [1.29, 1.82) is 0 Å². The summed E-state index contributed by atoms with van der Waals surface area (Å²) in [5.41, 5.74) is 0.889. The monoisotopic (exact) mass is 372 g/mol. The summed E-state index contributed by atoms with van der Waals surface area (Å²) in [5, 5.41) is 8.32. The number of rotatable bonds is 4. The predicted octanol–water partition coefficient (Wildman–Crippen LogP) is 3.13. The summed E-state index contributed by atoms with van der Waals surface area (Å²) >= 11 is 11.9. The average Bonchev–Trinajstić information content (AvgIpc) is 2.46. The maximum absolute atomic E-state index is 12.3. The van der Waals surface area contributed by atoms with Crippen LogP contribution in [0, 0.1) is 0 Å². The number of nitrogens with one attached hydrogen (secondary N) is 1. The molecule has 0 aliphatic carbocycles. The molecule has 3 N–H and O–H groups in total. The minimum absolute atomic E-state index is 0.0387. The minimum atomic E-state index is -4.01. The van der Waals surface area contributed by atoms with Gasteiger partial charge in [-0.2, -0.15) is 0 Å². The number of carbonyl (C=O) groups is 1. The van der Waals surface area contributed by atoms with Crippen molar-refractivity contribution in [1.82, 2.24) is 5.32 Å². The summed E-state index contributed by atoms with van der Waals surface area (Å²) in [6.45, 7) is 1.77. The Morgan fingerprint density at radius 3 is 2.39 bits per heavy atom. The molecule has 5 nitrogen and oxygen atoms in total. The molecule has 2 aromatic carbocycles. The van der Waals surface area contributed by atoms with E-state index >= 15 is 0 Å². The molecule has 23 heavy (non-hydrogen) atoms. The summed E-state index contributed by atoms with van der Waals surface area (Å²) < 4.78 is 22.9. The molecule has 2 aromatic rings. The number of primary sulfonamides is 1. The first-order valence-corrected chi connectivity index (χ1v) is 8.88. The normalized spacial score (nSPS) is 12.7. The molecular formula is C15H14Cl2N2O3S. The highest BCUT2D eigenvalue weighted by molar-refractivity contribution is 7.89. The quantitative estimate of drug-likeness (QED) is 0.863. The summed E-state index contributed by atoms with van der Waals surface area (Å²) in [5.74, 6) is -0.459. The van der Waals surface area contributed by atoms with Gasteiger partial charge in [-0.3, -0.25) is 4.79 Å².